The number of amides is 2. The van der Waals surface area contributed by atoms with Gasteiger partial charge in [0.05, 0.1) is 11.4 Å². The first-order valence-electron chi connectivity index (χ1n) is 7.51. The number of carbonyl (C=O) groups excluding carboxylic acids is 1. The van der Waals surface area contributed by atoms with Gasteiger partial charge in [-0.2, -0.15) is 5.10 Å². The Morgan fingerprint density at radius 1 is 1.41 bits per heavy atom. The molecule has 0 unspecified atom stereocenters. The van der Waals surface area contributed by atoms with E-state index in [0.29, 0.717) is 12.5 Å². The predicted molar refractivity (Wildman–Crippen MR) is 87.5 cm³/mol. The van der Waals surface area contributed by atoms with E-state index >= 15 is 0 Å². The summed E-state index contributed by atoms with van der Waals surface area (Å²) < 4.78 is 1.82. The number of urea groups is 1. The molecule has 1 aromatic carbocycles. The summed E-state index contributed by atoms with van der Waals surface area (Å²) in [6, 6.07) is 9.61. The fourth-order valence-electron chi connectivity index (χ4n) is 2.48. The Hall–Kier alpha value is -2.56. The van der Waals surface area contributed by atoms with Crippen molar-refractivity contribution in [2.75, 3.05) is 11.9 Å². The Kier molecular flexibility index (Phi) is 3.96. The summed E-state index contributed by atoms with van der Waals surface area (Å²) in [5.41, 5.74) is 3.07. The molecular formula is C17H20N4O. The van der Waals surface area contributed by atoms with E-state index in [1.165, 1.54) is 12.8 Å². The van der Waals surface area contributed by atoms with Crippen molar-refractivity contribution in [2.45, 2.75) is 25.7 Å². The van der Waals surface area contributed by atoms with Gasteiger partial charge in [-0.15, -0.1) is 6.58 Å². The van der Waals surface area contributed by atoms with Gasteiger partial charge in [-0.3, -0.25) is 5.32 Å². The van der Waals surface area contributed by atoms with Crippen LogP contribution in [-0.4, -0.2) is 22.4 Å². The van der Waals surface area contributed by atoms with Crippen molar-refractivity contribution in [2.24, 2.45) is 0 Å². The standard InChI is InChI=1S/C17H20N4O/c1-3-11-18-17(22)19-16-12(2)15(13-9-10-13)20-21(16)14-7-5-4-6-8-14/h3-8,13H,1,9-11H2,2H3,(H2,18,19,22). The second-order valence-electron chi connectivity index (χ2n) is 5.50. The average molecular weight is 296 g/mol. The van der Waals surface area contributed by atoms with E-state index < -0.39 is 0 Å². The maximum absolute atomic E-state index is 12.0. The number of hydrogen-bond donors (Lipinski definition) is 2. The summed E-state index contributed by atoms with van der Waals surface area (Å²) in [6.07, 6.45) is 4.00. The Morgan fingerprint density at radius 2 is 2.14 bits per heavy atom. The van der Waals surface area contributed by atoms with Crippen LogP contribution in [0.1, 0.15) is 30.0 Å². The summed E-state index contributed by atoms with van der Waals surface area (Å²) in [6.45, 7) is 6.05. The summed E-state index contributed by atoms with van der Waals surface area (Å²) in [5.74, 6) is 1.26. The second kappa shape index (κ2) is 6.05. The SMILES string of the molecule is C=CCNC(=O)Nc1c(C)c(C2CC2)nn1-c1ccccc1. The van der Waals surface area contributed by atoms with Crippen molar-refractivity contribution in [3.8, 4) is 5.69 Å². The molecule has 114 valence electrons. The van der Waals surface area contributed by atoms with Crippen molar-refractivity contribution in [1.82, 2.24) is 15.1 Å². The Bertz CT molecular complexity index is 686. The zero-order valence-electron chi connectivity index (χ0n) is 12.7. The van der Waals surface area contributed by atoms with Gasteiger partial charge in [0, 0.05) is 18.0 Å². The van der Waals surface area contributed by atoms with Gasteiger partial charge in [-0.1, -0.05) is 24.3 Å². The molecule has 5 heteroatoms. The molecule has 0 spiro atoms. The summed E-state index contributed by atoms with van der Waals surface area (Å²) in [7, 11) is 0. The zero-order valence-corrected chi connectivity index (χ0v) is 12.7. The maximum Gasteiger partial charge on any atom is 0.320 e. The van der Waals surface area contributed by atoms with E-state index in [1.807, 2.05) is 41.9 Å². The molecule has 3 rings (SSSR count). The van der Waals surface area contributed by atoms with Gasteiger partial charge in [-0.25, -0.2) is 9.48 Å². The molecule has 1 fully saturated rings. The monoisotopic (exact) mass is 296 g/mol. The minimum atomic E-state index is -0.248. The van der Waals surface area contributed by atoms with Gasteiger partial charge in [0.15, 0.2) is 0 Å². The van der Waals surface area contributed by atoms with E-state index in [2.05, 4.69) is 17.2 Å². The van der Waals surface area contributed by atoms with Crippen LogP contribution >= 0.6 is 0 Å². The van der Waals surface area contributed by atoms with Crippen LogP contribution in [0.15, 0.2) is 43.0 Å². The lowest BCUT2D eigenvalue weighted by Crippen LogP contribution is -2.29. The van der Waals surface area contributed by atoms with E-state index in [1.54, 1.807) is 6.08 Å². The molecule has 0 aliphatic heterocycles. The third-order valence-electron chi connectivity index (χ3n) is 3.76. The van der Waals surface area contributed by atoms with Gasteiger partial charge in [-0.05, 0) is 31.9 Å². The fraction of sp³-hybridized carbons (Fsp3) is 0.294. The Morgan fingerprint density at radius 3 is 2.77 bits per heavy atom. The molecule has 0 bridgehead atoms. The maximum atomic E-state index is 12.0. The molecule has 0 saturated heterocycles. The minimum absolute atomic E-state index is 0.248. The van der Waals surface area contributed by atoms with E-state index in [4.69, 9.17) is 5.10 Å². The van der Waals surface area contributed by atoms with Crippen LogP contribution in [0.3, 0.4) is 0 Å². The normalized spacial score (nSPS) is 13.7. The molecule has 2 amide bonds. The van der Waals surface area contributed by atoms with E-state index in [9.17, 15) is 4.79 Å². The van der Waals surface area contributed by atoms with Crippen LogP contribution in [-0.2, 0) is 0 Å². The minimum Gasteiger partial charge on any atom is -0.334 e. The highest BCUT2D eigenvalue weighted by Crippen LogP contribution is 2.42. The smallest absolute Gasteiger partial charge is 0.320 e. The number of aromatic nitrogens is 2. The highest BCUT2D eigenvalue weighted by Gasteiger charge is 2.30. The number of nitrogens with zero attached hydrogens (tertiary/aromatic N) is 2. The van der Waals surface area contributed by atoms with Crippen LogP contribution in [0.4, 0.5) is 10.6 Å². The van der Waals surface area contributed by atoms with Gasteiger partial charge in [0.1, 0.15) is 5.82 Å². The number of carbonyl (C=O) groups is 1. The second-order valence-corrected chi connectivity index (χ2v) is 5.50. The average Bonchev–Trinajstić information content (AvgIpc) is 3.33. The molecule has 1 saturated carbocycles. The topological polar surface area (TPSA) is 59.0 Å². The lowest BCUT2D eigenvalue weighted by molar-refractivity contribution is 0.253. The van der Waals surface area contributed by atoms with Gasteiger partial charge >= 0.3 is 6.03 Å². The number of rotatable bonds is 5. The largest absolute Gasteiger partial charge is 0.334 e. The summed E-state index contributed by atoms with van der Waals surface area (Å²) in [4.78, 5) is 12.0. The highest BCUT2D eigenvalue weighted by atomic mass is 16.2. The first-order chi connectivity index (χ1) is 10.7. The predicted octanol–water partition coefficient (Wildman–Crippen LogP) is 3.37. The molecule has 2 aromatic rings. The van der Waals surface area contributed by atoms with Crippen molar-refractivity contribution in [3.05, 3.63) is 54.2 Å². The van der Waals surface area contributed by atoms with Crippen molar-refractivity contribution in [3.63, 3.8) is 0 Å². The van der Waals surface area contributed by atoms with Gasteiger partial charge < -0.3 is 5.32 Å². The number of benzene rings is 1. The zero-order chi connectivity index (χ0) is 15.5. The molecule has 2 N–H and O–H groups in total. The number of hydrogen-bond acceptors (Lipinski definition) is 2. The Labute approximate surface area is 130 Å². The quantitative estimate of drug-likeness (QED) is 0.831. The first-order valence-corrected chi connectivity index (χ1v) is 7.51. The molecule has 1 heterocycles. The molecule has 22 heavy (non-hydrogen) atoms. The van der Waals surface area contributed by atoms with E-state index in [-0.39, 0.29) is 6.03 Å². The van der Waals surface area contributed by atoms with E-state index in [0.717, 1.165) is 22.8 Å². The van der Waals surface area contributed by atoms with Crippen LogP contribution in [0, 0.1) is 6.92 Å². The third-order valence-corrected chi connectivity index (χ3v) is 3.76. The van der Waals surface area contributed by atoms with Gasteiger partial charge in [0.2, 0.25) is 0 Å². The molecule has 1 aromatic heterocycles. The molecular weight excluding hydrogens is 276 g/mol. The van der Waals surface area contributed by atoms with Crippen molar-refractivity contribution >= 4 is 11.8 Å². The third kappa shape index (κ3) is 2.88. The lowest BCUT2D eigenvalue weighted by Gasteiger charge is -2.10. The molecule has 5 nitrogen and oxygen atoms in total. The molecule has 1 aliphatic rings. The van der Waals surface area contributed by atoms with Gasteiger partial charge in [0.25, 0.3) is 0 Å². The van der Waals surface area contributed by atoms with Crippen molar-refractivity contribution < 1.29 is 4.79 Å². The number of nitrogens with one attached hydrogen (secondary N) is 2. The summed E-state index contributed by atoms with van der Waals surface area (Å²) >= 11 is 0. The highest BCUT2D eigenvalue weighted by molar-refractivity contribution is 5.89. The Balaban J connectivity index is 1.95. The molecule has 0 atom stereocenters. The summed E-state index contributed by atoms with van der Waals surface area (Å²) in [5, 5.41) is 10.4. The molecule has 0 radical (unpaired) electrons. The molecule has 1 aliphatic carbocycles. The fourth-order valence-corrected chi connectivity index (χ4v) is 2.48. The first kappa shape index (κ1) is 14.4. The number of para-hydroxylation sites is 1. The van der Waals surface area contributed by atoms with Crippen LogP contribution in [0.2, 0.25) is 0 Å². The van der Waals surface area contributed by atoms with Crippen molar-refractivity contribution in [1.29, 1.82) is 0 Å². The van der Waals surface area contributed by atoms with Crippen LogP contribution in [0.5, 0.6) is 0 Å². The van der Waals surface area contributed by atoms with Crippen LogP contribution < -0.4 is 10.6 Å². The van der Waals surface area contributed by atoms with Crippen LogP contribution in [0.25, 0.3) is 5.69 Å². The number of anilines is 1. The lowest BCUT2D eigenvalue weighted by atomic mass is 10.2.